The molecule has 2 aliphatic rings. The van der Waals surface area contributed by atoms with Gasteiger partial charge in [0.15, 0.2) is 5.78 Å². The largest absolute Gasteiger partial charge is 0.465 e. The zero-order chi connectivity index (χ0) is 19.6. The van der Waals surface area contributed by atoms with Crippen LogP contribution >= 0.6 is 0 Å². The van der Waals surface area contributed by atoms with E-state index in [1.54, 1.807) is 31.2 Å². The lowest BCUT2D eigenvalue weighted by Gasteiger charge is -2.34. The van der Waals surface area contributed by atoms with Crippen molar-refractivity contribution in [2.45, 2.75) is 39.0 Å². The molecule has 1 heterocycles. The van der Waals surface area contributed by atoms with E-state index in [2.05, 4.69) is 5.32 Å². The van der Waals surface area contributed by atoms with Gasteiger partial charge in [0.05, 0.1) is 24.9 Å². The van der Waals surface area contributed by atoms with Crippen molar-refractivity contribution in [2.75, 3.05) is 13.7 Å². The highest BCUT2D eigenvalue weighted by molar-refractivity contribution is 6.03. The summed E-state index contributed by atoms with van der Waals surface area (Å²) in [5, 5.41) is 3.24. The van der Waals surface area contributed by atoms with Crippen LogP contribution in [0.5, 0.6) is 0 Å². The minimum Gasteiger partial charge on any atom is -0.465 e. The van der Waals surface area contributed by atoms with Crippen LogP contribution in [0.3, 0.4) is 0 Å². The number of hydrogen-bond acceptors (Lipinski definition) is 6. The van der Waals surface area contributed by atoms with Gasteiger partial charge in [-0.2, -0.15) is 0 Å². The van der Waals surface area contributed by atoms with Crippen molar-refractivity contribution in [2.24, 2.45) is 0 Å². The van der Waals surface area contributed by atoms with E-state index in [9.17, 15) is 14.4 Å². The fourth-order valence-electron chi connectivity index (χ4n) is 3.73. The Bertz CT molecular complexity index is 848. The number of nitrogens with one attached hydrogen (secondary N) is 1. The van der Waals surface area contributed by atoms with Crippen LogP contribution in [-0.4, -0.2) is 31.4 Å². The van der Waals surface area contributed by atoms with Crippen molar-refractivity contribution in [3.05, 3.63) is 57.9 Å². The van der Waals surface area contributed by atoms with Crippen LogP contribution in [0.4, 0.5) is 0 Å². The molecule has 1 aromatic rings. The number of allylic oxidation sites excluding steroid dienone is 3. The van der Waals surface area contributed by atoms with Gasteiger partial charge in [0.2, 0.25) is 0 Å². The van der Waals surface area contributed by atoms with E-state index < -0.39 is 17.9 Å². The van der Waals surface area contributed by atoms with E-state index in [-0.39, 0.29) is 12.4 Å². The number of rotatable bonds is 4. The molecular formula is C21H23NO5. The Morgan fingerprint density at radius 2 is 1.85 bits per heavy atom. The minimum atomic E-state index is -0.500. The molecule has 6 nitrogen and oxygen atoms in total. The van der Waals surface area contributed by atoms with E-state index in [1.165, 1.54) is 7.11 Å². The van der Waals surface area contributed by atoms with Crippen LogP contribution in [0, 0.1) is 0 Å². The number of ether oxygens (including phenoxy) is 2. The molecule has 1 atom stereocenters. The zero-order valence-electron chi connectivity index (χ0n) is 15.8. The number of dihydropyridines is 1. The molecule has 27 heavy (non-hydrogen) atoms. The standard InChI is InChI=1S/C21H23NO5/c1-4-27-21(25)17-12(2)22-15-6-5-7-16(23)19(15)18(17)13-8-10-14(11-9-13)20(24)26-3/h8-11,18,22H,4-7H2,1-3H3/t18-/m0/s1. The molecule has 0 aromatic heterocycles. The third-order valence-electron chi connectivity index (χ3n) is 4.94. The Morgan fingerprint density at radius 3 is 2.48 bits per heavy atom. The minimum absolute atomic E-state index is 0.0418. The summed E-state index contributed by atoms with van der Waals surface area (Å²) in [5.74, 6) is -1.33. The van der Waals surface area contributed by atoms with Crippen LogP contribution in [0.15, 0.2) is 46.8 Å². The molecule has 0 radical (unpaired) electrons. The molecule has 0 unspecified atom stereocenters. The number of esters is 2. The van der Waals surface area contributed by atoms with E-state index in [1.807, 2.05) is 6.92 Å². The lowest BCUT2D eigenvalue weighted by atomic mass is 9.75. The summed E-state index contributed by atoms with van der Waals surface area (Å²) in [4.78, 5) is 37.1. The number of Topliss-reactive ketones (excluding diaryl/α,β-unsaturated/α-hetero) is 1. The molecule has 1 aliphatic heterocycles. The topological polar surface area (TPSA) is 81.7 Å². The van der Waals surface area contributed by atoms with Gasteiger partial charge in [-0.1, -0.05) is 12.1 Å². The highest BCUT2D eigenvalue weighted by Crippen LogP contribution is 2.42. The number of hydrogen-bond donors (Lipinski definition) is 1. The first-order chi connectivity index (χ1) is 13.0. The summed E-state index contributed by atoms with van der Waals surface area (Å²) in [6, 6.07) is 6.83. The predicted molar refractivity (Wildman–Crippen MR) is 98.9 cm³/mol. The number of carbonyl (C=O) groups is 3. The molecule has 1 N–H and O–H groups in total. The molecule has 0 saturated heterocycles. The maximum absolute atomic E-state index is 12.7. The van der Waals surface area contributed by atoms with Gasteiger partial charge < -0.3 is 14.8 Å². The first-order valence-electron chi connectivity index (χ1n) is 9.07. The van der Waals surface area contributed by atoms with E-state index in [0.29, 0.717) is 28.8 Å². The highest BCUT2D eigenvalue weighted by Gasteiger charge is 2.39. The second-order valence-corrected chi connectivity index (χ2v) is 6.60. The maximum Gasteiger partial charge on any atom is 0.337 e. The van der Waals surface area contributed by atoms with Crippen molar-refractivity contribution >= 4 is 17.7 Å². The van der Waals surface area contributed by atoms with Crippen LogP contribution in [0.25, 0.3) is 0 Å². The molecule has 3 rings (SSSR count). The Morgan fingerprint density at radius 1 is 1.15 bits per heavy atom. The molecule has 6 heteroatoms. The van der Waals surface area contributed by atoms with Gasteiger partial charge in [0.25, 0.3) is 0 Å². The fraction of sp³-hybridized carbons (Fsp3) is 0.381. The average molecular weight is 369 g/mol. The molecule has 0 fully saturated rings. The first-order valence-corrected chi connectivity index (χ1v) is 9.07. The lowest BCUT2D eigenvalue weighted by molar-refractivity contribution is -0.138. The summed E-state index contributed by atoms with van der Waals surface area (Å²) < 4.78 is 9.99. The summed E-state index contributed by atoms with van der Waals surface area (Å²) in [5.41, 5.74) is 3.83. The number of ketones is 1. The maximum atomic E-state index is 12.7. The summed E-state index contributed by atoms with van der Waals surface area (Å²) in [7, 11) is 1.33. The molecule has 1 aromatic carbocycles. The SMILES string of the molecule is CCOC(=O)C1=C(C)NC2=C(C(=O)CCC2)[C@H]1c1ccc(C(=O)OC)cc1. The number of benzene rings is 1. The molecule has 0 saturated carbocycles. The van der Waals surface area contributed by atoms with Gasteiger partial charge in [0, 0.05) is 29.3 Å². The van der Waals surface area contributed by atoms with Gasteiger partial charge in [-0.05, 0) is 44.4 Å². The Hall–Kier alpha value is -2.89. The van der Waals surface area contributed by atoms with Crippen molar-refractivity contribution < 1.29 is 23.9 Å². The van der Waals surface area contributed by atoms with Crippen molar-refractivity contribution in [3.63, 3.8) is 0 Å². The lowest BCUT2D eigenvalue weighted by Crippen LogP contribution is -2.34. The molecule has 0 bridgehead atoms. The van der Waals surface area contributed by atoms with Gasteiger partial charge >= 0.3 is 11.9 Å². The quantitative estimate of drug-likeness (QED) is 0.822. The van der Waals surface area contributed by atoms with Crippen LogP contribution in [-0.2, 0) is 19.1 Å². The van der Waals surface area contributed by atoms with E-state index >= 15 is 0 Å². The van der Waals surface area contributed by atoms with Gasteiger partial charge in [-0.25, -0.2) is 9.59 Å². The summed E-state index contributed by atoms with van der Waals surface area (Å²) in [6.07, 6.45) is 2.03. The predicted octanol–water partition coefficient (Wildman–Crippen LogP) is 3.00. The smallest absolute Gasteiger partial charge is 0.337 e. The number of carbonyl (C=O) groups excluding carboxylic acids is 3. The second-order valence-electron chi connectivity index (χ2n) is 6.60. The number of methoxy groups -OCH3 is 1. The van der Waals surface area contributed by atoms with Crippen molar-refractivity contribution in [1.29, 1.82) is 0 Å². The van der Waals surface area contributed by atoms with Crippen LogP contribution < -0.4 is 5.32 Å². The summed E-state index contributed by atoms with van der Waals surface area (Å²) in [6.45, 7) is 3.83. The van der Waals surface area contributed by atoms with Crippen LogP contribution in [0.2, 0.25) is 0 Å². The summed E-state index contributed by atoms with van der Waals surface area (Å²) >= 11 is 0. The molecule has 1 aliphatic carbocycles. The van der Waals surface area contributed by atoms with E-state index in [0.717, 1.165) is 24.1 Å². The van der Waals surface area contributed by atoms with E-state index in [4.69, 9.17) is 9.47 Å². The van der Waals surface area contributed by atoms with Crippen molar-refractivity contribution in [1.82, 2.24) is 5.32 Å². The third-order valence-corrected chi connectivity index (χ3v) is 4.94. The first kappa shape index (κ1) is 18.9. The zero-order valence-corrected chi connectivity index (χ0v) is 15.8. The molecule has 0 spiro atoms. The molecular weight excluding hydrogens is 346 g/mol. The van der Waals surface area contributed by atoms with Gasteiger partial charge in [0.1, 0.15) is 0 Å². The Balaban J connectivity index is 2.10. The monoisotopic (exact) mass is 369 g/mol. The van der Waals surface area contributed by atoms with Crippen LogP contribution in [0.1, 0.15) is 54.9 Å². The van der Waals surface area contributed by atoms with Crippen molar-refractivity contribution in [3.8, 4) is 0 Å². The molecule has 0 amide bonds. The Labute approximate surface area is 158 Å². The average Bonchev–Trinajstić information content (AvgIpc) is 2.66. The highest BCUT2D eigenvalue weighted by atomic mass is 16.5. The van der Waals surface area contributed by atoms with Gasteiger partial charge in [-0.3, -0.25) is 4.79 Å². The molecule has 142 valence electrons. The normalized spacial score (nSPS) is 19.4. The Kier molecular flexibility index (Phi) is 5.44. The fourth-order valence-corrected chi connectivity index (χ4v) is 3.73. The third kappa shape index (κ3) is 3.52. The van der Waals surface area contributed by atoms with Gasteiger partial charge in [-0.15, -0.1) is 0 Å². The second kappa shape index (κ2) is 7.78.